The van der Waals surface area contributed by atoms with Crippen molar-refractivity contribution >= 4 is 11.6 Å². The first-order valence-corrected chi connectivity index (χ1v) is 10.1. The summed E-state index contributed by atoms with van der Waals surface area (Å²) < 4.78 is 5.90. The van der Waals surface area contributed by atoms with Gasteiger partial charge in [-0.15, -0.1) is 0 Å². The number of benzene rings is 2. The predicted molar refractivity (Wildman–Crippen MR) is 117 cm³/mol. The molecule has 1 atom stereocenters. The first-order chi connectivity index (χ1) is 13.7. The molecule has 3 aromatic rings. The van der Waals surface area contributed by atoms with Gasteiger partial charge < -0.3 is 14.6 Å². The third kappa shape index (κ3) is 5.58. The van der Waals surface area contributed by atoms with E-state index < -0.39 is 0 Å². The maximum absolute atomic E-state index is 12.5. The standard InChI is InChI=1S/C25H30N2O2/c1-18-10-12-21(13-11-18)26-24(28)23-15-14-22(29-23)17-27(25(3,4)5)16-20-9-7-6-8-19(20)2/h6-15H,16-17H2,1-5H3,(H,26,28)/p+1. The molecule has 0 aliphatic heterocycles. The van der Waals surface area contributed by atoms with Crippen molar-refractivity contribution in [2.45, 2.75) is 53.2 Å². The van der Waals surface area contributed by atoms with Crippen LogP contribution in [0.4, 0.5) is 5.69 Å². The molecule has 1 amide bonds. The summed E-state index contributed by atoms with van der Waals surface area (Å²) in [4.78, 5) is 13.9. The van der Waals surface area contributed by atoms with Gasteiger partial charge >= 0.3 is 0 Å². The summed E-state index contributed by atoms with van der Waals surface area (Å²) in [5.74, 6) is 0.929. The maximum atomic E-state index is 12.5. The van der Waals surface area contributed by atoms with E-state index in [9.17, 15) is 4.79 Å². The van der Waals surface area contributed by atoms with Gasteiger partial charge in [0.1, 0.15) is 13.1 Å². The highest BCUT2D eigenvalue weighted by atomic mass is 16.4. The zero-order chi connectivity index (χ0) is 21.0. The average Bonchev–Trinajstić information content (AvgIpc) is 3.13. The predicted octanol–water partition coefficient (Wildman–Crippen LogP) is 4.53. The molecule has 0 radical (unpaired) electrons. The molecule has 0 saturated heterocycles. The zero-order valence-electron chi connectivity index (χ0n) is 18.0. The van der Waals surface area contributed by atoms with E-state index in [0.717, 1.165) is 30.1 Å². The molecule has 0 fully saturated rings. The summed E-state index contributed by atoms with van der Waals surface area (Å²) in [6.07, 6.45) is 0. The van der Waals surface area contributed by atoms with E-state index >= 15 is 0 Å². The summed E-state index contributed by atoms with van der Waals surface area (Å²) >= 11 is 0. The van der Waals surface area contributed by atoms with Crippen LogP contribution in [0.25, 0.3) is 0 Å². The third-order valence-electron chi connectivity index (χ3n) is 5.31. The molecule has 0 spiro atoms. The van der Waals surface area contributed by atoms with E-state index in [2.05, 4.69) is 57.3 Å². The molecule has 3 rings (SSSR count). The van der Waals surface area contributed by atoms with Gasteiger partial charge in [-0.2, -0.15) is 0 Å². The fraction of sp³-hybridized carbons (Fsp3) is 0.320. The smallest absolute Gasteiger partial charge is 0.291 e. The molecule has 2 aromatic carbocycles. The molecule has 29 heavy (non-hydrogen) atoms. The van der Waals surface area contributed by atoms with Gasteiger partial charge in [0.15, 0.2) is 11.5 Å². The van der Waals surface area contributed by atoms with E-state index in [-0.39, 0.29) is 11.4 Å². The number of aryl methyl sites for hydroxylation is 2. The second-order valence-corrected chi connectivity index (χ2v) is 8.72. The van der Waals surface area contributed by atoms with Crippen molar-refractivity contribution in [2.24, 2.45) is 0 Å². The van der Waals surface area contributed by atoms with Gasteiger partial charge in [-0.25, -0.2) is 0 Å². The topological polar surface area (TPSA) is 46.7 Å². The summed E-state index contributed by atoms with van der Waals surface area (Å²) in [5.41, 5.74) is 4.59. The lowest BCUT2D eigenvalue weighted by molar-refractivity contribution is -0.973. The zero-order valence-corrected chi connectivity index (χ0v) is 18.0. The molecular weight excluding hydrogens is 360 g/mol. The molecule has 1 heterocycles. The highest BCUT2D eigenvalue weighted by Gasteiger charge is 2.27. The van der Waals surface area contributed by atoms with Crippen LogP contribution in [0.3, 0.4) is 0 Å². The highest BCUT2D eigenvalue weighted by Crippen LogP contribution is 2.14. The quantitative estimate of drug-likeness (QED) is 0.648. The van der Waals surface area contributed by atoms with Crippen LogP contribution in [0.5, 0.6) is 0 Å². The molecule has 4 heteroatoms. The molecule has 1 unspecified atom stereocenters. The summed E-state index contributed by atoms with van der Waals surface area (Å²) in [7, 11) is 0. The number of anilines is 1. The van der Waals surface area contributed by atoms with Crippen LogP contribution in [0.15, 0.2) is 65.1 Å². The van der Waals surface area contributed by atoms with Crippen LogP contribution in [-0.2, 0) is 13.1 Å². The van der Waals surface area contributed by atoms with Gasteiger partial charge in [-0.1, -0.05) is 42.0 Å². The van der Waals surface area contributed by atoms with Gasteiger partial charge in [-0.05, 0) is 64.4 Å². The summed E-state index contributed by atoms with van der Waals surface area (Å²) in [6, 6.07) is 19.9. The van der Waals surface area contributed by atoms with E-state index in [1.807, 2.05) is 37.3 Å². The second kappa shape index (κ2) is 8.66. The van der Waals surface area contributed by atoms with E-state index in [1.165, 1.54) is 16.0 Å². The first kappa shape index (κ1) is 20.9. The fourth-order valence-corrected chi connectivity index (χ4v) is 3.27. The third-order valence-corrected chi connectivity index (χ3v) is 5.31. The SMILES string of the molecule is Cc1ccc(NC(=O)c2ccc(C[NH+](Cc3ccccc3C)C(C)(C)C)o2)cc1. The summed E-state index contributed by atoms with van der Waals surface area (Å²) in [5, 5.41) is 2.89. The molecule has 0 aliphatic carbocycles. The Morgan fingerprint density at radius 1 is 0.931 bits per heavy atom. The van der Waals surface area contributed by atoms with Crippen molar-refractivity contribution in [3.8, 4) is 0 Å². The molecule has 2 N–H and O–H groups in total. The lowest BCUT2D eigenvalue weighted by Gasteiger charge is -2.32. The minimum absolute atomic E-state index is 0.0411. The molecule has 0 saturated carbocycles. The van der Waals surface area contributed by atoms with Gasteiger partial charge in [0.05, 0.1) is 5.54 Å². The van der Waals surface area contributed by atoms with Crippen LogP contribution in [0, 0.1) is 13.8 Å². The second-order valence-electron chi connectivity index (χ2n) is 8.72. The maximum Gasteiger partial charge on any atom is 0.291 e. The Labute approximate surface area is 173 Å². The molecule has 1 aromatic heterocycles. The van der Waals surface area contributed by atoms with E-state index in [1.54, 1.807) is 6.07 Å². The fourth-order valence-electron chi connectivity index (χ4n) is 3.27. The normalized spacial score (nSPS) is 12.6. The number of furan rings is 1. The van der Waals surface area contributed by atoms with Crippen LogP contribution in [0.1, 0.15) is 53.8 Å². The Morgan fingerprint density at radius 3 is 2.28 bits per heavy atom. The van der Waals surface area contributed by atoms with Gasteiger partial charge in [0.25, 0.3) is 5.91 Å². The summed E-state index contributed by atoms with van der Waals surface area (Å²) in [6.45, 7) is 12.5. The minimum Gasteiger partial charge on any atom is -0.450 e. The van der Waals surface area contributed by atoms with E-state index in [0.29, 0.717) is 5.76 Å². The average molecular weight is 392 g/mol. The number of amides is 1. The van der Waals surface area contributed by atoms with Crippen LogP contribution in [-0.4, -0.2) is 11.4 Å². The molecule has 0 bridgehead atoms. The minimum atomic E-state index is -0.226. The molecule has 0 aliphatic rings. The van der Waals surface area contributed by atoms with E-state index in [4.69, 9.17) is 4.42 Å². The lowest BCUT2D eigenvalue weighted by Crippen LogP contribution is -3.16. The van der Waals surface area contributed by atoms with Crippen molar-refractivity contribution < 1.29 is 14.1 Å². The lowest BCUT2D eigenvalue weighted by atomic mass is 10.0. The number of hydrogen-bond donors (Lipinski definition) is 2. The van der Waals surface area contributed by atoms with Crippen LogP contribution in [0.2, 0.25) is 0 Å². The number of carbonyl (C=O) groups excluding carboxylic acids is 1. The van der Waals surface area contributed by atoms with Crippen molar-refractivity contribution in [1.82, 2.24) is 0 Å². The van der Waals surface area contributed by atoms with Crippen LogP contribution >= 0.6 is 0 Å². The molecule has 4 nitrogen and oxygen atoms in total. The Morgan fingerprint density at radius 2 is 1.62 bits per heavy atom. The van der Waals surface area contributed by atoms with Gasteiger partial charge in [0.2, 0.25) is 0 Å². The number of nitrogens with one attached hydrogen (secondary N) is 2. The molecular formula is C25H31N2O2+. The monoisotopic (exact) mass is 391 g/mol. The van der Waals surface area contributed by atoms with Gasteiger partial charge in [0, 0.05) is 11.3 Å². The largest absolute Gasteiger partial charge is 0.450 e. The number of rotatable bonds is 6. The van der Waals surface area contributed by atoms with Gasteiger partial charge in [-0.3, -0.25) is 4.79 Å². The Bertz CT molecular complexity index is 965. The van der Waals surface area contributed by atoms with Crippen LogP contribution < -0.4 is 10.2 Å². The number of hydrogen-bond acceptors (Lipinski definition) is 2. The first-order valence-electron chi connectivity index (χ1n) is 10.1. The highest BCUT2D eigenvalue weighted by molar-refractivity contribution is 6.02. The Kier molecular flexibility index (Phi) is 6.23. The van der Waals surface area contributed by atoms with Crippen molar-refractivity contribution in [1.29, 1.82) is 0 Å². The number of quaternary nitrogens is 1. The van der Waals surface area contributed by atoms with Crippen molar-refractivity contribution in [3.05, 3.63) is 88.9 Å². The Balaban J connectivity index is 1.71. The van der Waals surface area contributed by atoms with Crippen molar-refractivity contribution in [3.63, 3.8) is 0 Å². The van der Waals surface area contributed by atoms with Crippen molar-refractivity contribution in [2.75, 3.05) is 5.32 Å². The Hall–Kier alpha value is -2.85. The number of carbonyl (C=O) groups is 1. The molecule has 152 valence electrons.